The first-order valence-corrected chi connectivity index (χ1v) is 7.33. The fourth-order valence-electron chi connectivity index (χ4n) is 1.21. The van der Waals surface area contributed by atoms with E-state index in [-0.39, 0.29) is 5.75 Å². The van der Waals surface area contributed by atoms with E-state index >= 15 is 0 Å². The second-order valence-corrected chi connectivity index (χ2v) is 5.68. The minimum atomic E-state index is -0.874. The molecule has 0 saturated carbocycles. The van der Waals surface area contributed by atoms with E-state index in [0.717, 1.165) is 23.9 Å². The van der Waals surface area contributed by atoms with Crippen LogP contribution in [0.4, 0.5) is 5.13 Å². The van der Waals surface area contributed by atoms with E-state index in [4.69, 9.17) is 9.52 Å². The Hall–Kier alpha value is -1.61. The van der Waals surface area contributed by atoms with Crippen molar-refractivity contribution in [3.05, 3.63) is 17.8 Å². The quantitative estimate of drug-likeness (QED) is 0.747. The third-order valence-corrected chi connectivity index (χ3v) is 4.07. The van der Waals surface area contributed by atoms with Gasteiger partial charge in [-0.05, 0) is 0 Å². The number of nitrogens with zero attached hydrogens (tertiary/aromatic N) is 3. The topological polar surface area (TPSA) is 101 Å². The van der Waals surface area contributed by atoms with Gasteiger partial charge in [-0.1, -0.05) is 30.0 Å². The van der Waals surface area contributed by atoms with Gasteiger partial charge < -0.3 is 14.8 Å². The molecule has 2 N–H and O–H groups in total. The Morgan fingerprint density at radius 2 is 2.42 bits per heavy atom. The van der Waals surface area contributed by atoms with Gasteiger partial charge >= 0.3 is 5.97 Å². The molecule has 0 unspecified atom stereocenters. The van der Waals surface area contributed by atoms with Gasteiger partial charge in [0.15, 0.2) is 4.34 Å². The molecule has 0 aliphatic carbocycles. The van der Waals surface area contributed by atoms with Gasteiger partial charge in [0.25, 0.3) is 0 Å². The van der Waals surface area contributed by atoms with Crippen LogP contribution in [0, 0.1) is 0 Å². The maximum atomic E-state index is 10.4. The van der Waals surface area contributed by atoms with E-state index in [1.165, 1.54) is 11.3 Å². The molecule has 0 spiro atoms. The van der Waals surface area contributed by atoms with Gasteiger partial charge in [0.05, 0.1) is 18.5 Å². The number of hydrogen-bond donors (Lipinski definition) is 2. The predicted molar refractivity (Wildman–Crippen MR) is 71.5 cm³/mol. The third kappa shape index (κ3) is 4.21. The number of thioether (sulfide) groups is 1. The van der Waals surface area contributed by atoms with Crippen LogP contribution in [0.2, 0.25) is 0 Å². The first-order chi connectivity index (χ1) is 9.17. The highest BCUT2D eigenvalue weighted by Crippen LogP contribution is 2.25. The van der Waals surface area contributed by atoms with Gasteiger partial charge in [-0.2, -0.15) is 0 Å². The first-order valence-electron chi connectivity index (χ1n) is 5.53. The summed E-state index contributed by atoms with van der Waals surface area (Å²) < 4.78 is 6.06. The number of aliphatic carboxylic acids is 1. The molecule has 0 aliphatic rings. The van der Waals surface area contributed by atoms with Crippen molar-refractivity contribution in [1.29, 1.82) is 0 Å². The SMILES string of the molecule is CCc1cnc(CNc2nnc(SCC(=O)O)s2)o1. The summed E-state index contributed by atoms with van der Waals surface area (Å²) in [6.45, 7) is 2.42. The monoisotopic (exact) mass is 300 g/mol. The summed E-state index contributed by atoms with van der Waals surface area (Å²) in [6, 6.07) is 0. The van der Waals surface area contributed by atoms with Crippen molar-refractivity contribution in [2.45, 2.75) is 24.2 Å². The van der Waals surface area contributed by atoms with Crippen molar-refractivity contribution >= 4 is 34.2 Å². The Morgan fingerprint density at radius 1 is 1.58 bits per heavy atom. The van der Waals surface area contributed by atoms with Crippen molar-refractivity contribution in [3.8, 4) is 0 Å². The van der Waals surface area contributed by atoms with Crippen molar-refractivity contribution < 1.29 is 14.3 Å². The normalized spacial score (nSPS) is 10.6. The number of anilines is 1. The first kappa shape index (κ1) is 13.8. The Balaban J connectivity index is 1.84. The molecule has 19 heavy (non-hydrogen) atoms. The molecule has 0 saturated heterocycles. The van der Waals surface area contributed by atoms with E-state index in [2.05, 4.69) is 20.5 Å². The number of oxazole rings is 1. The zero-order valence-corrected chi connectivity index (χ0v) is 11.8. The summed E-state index contributed by atoms with van der Waals surface area (Å²) in [4.78, 5) is 14.5. The van der Waals surface area contributed by atoms with Crippen molar-refractivity contribution in [2.24, 2.45) is 0 Å². The van der Waals surface area contributed by atoms with Crippen molar-refractivity contribution in [3.63, 3.8) is 0 Å². The average Bonchev–Trinajstić information content (AvgIpc) is 3.03. The van der Waals surface area contributed by atoms with E-state index in [1.807, 2.05) is 6.92 Å². The maximum absolute atomic E-state index is 10.4. The summed E-state index contributed by atoms with van der Waals surface area (Å²) >= 11 is 2.45. The largest absolute Gasteiger partial charge is 0.481 e. The van der Waals surface area contributed by atoms with Gasteiger partial charge in [0.2, 0.25) is 11.0 Å². The van der Waals surface area contributed by atoms with Crippen LogP contribution in [0.15, 0.2) is 15.0 Å². The van der Waals surface area contributed by atoms with Gasteiger partial charge in [0.1, 0.15) is 5.76 Å². The van der Waals surface area contributed by atoms with Gasteiger partial charge in [0, 0.05) is 6.42 Å². The number of rotatable bonds is 7. The van der Waals surface area contributed by atoms with E-state index < -0.39 is 5.97 Å². The molecule has 2 heterocycles. The van der Waals surface area contributed by atoms with Crippen molar-refractivity contribution in [1.82, 2.24) is 15.2 Å². The molecule has 0 aromatic carbocycles. The minimum Gasteiger partial charge on any atom is -0.481 e. The molecule has 2 rings (SSSR count). The second-order valence-electron chi connectivity index (χ2n) is 3.48. The molecule has 0 atom stereocenters. The van der Waals surface area contributed by atoms with Crippen LogP contribution in [0.5, 0.6) is 0 Å². The standard InChI is InChI=1S/C10H12N4O3S2/c1-2-6-3-11-7(17-6)4-12-9-13-14-10(19-9)18-5-8(15)16/h3H,2,4-5H2,1H3,(H,12,13)(H,15,16). The van der Waals surface area contributed by atoms with E-state index in [1.54, 1.807) is 6.20 Å². The number of aryl methyl sites for hydroxylation is 1. The maximum Gasteiger partial charge on any atom is 0.313 e. The minimum absolute atomic E-state index is 0.0196. The van der Waals surface area contributed by atoms with Gasteiger partial charge in [-0.3, -0.25) is 4.79 Å². The fraction of sp³-hybridized carbons (Fsp3) is 0.400. The number of nitrogens with one attached hydrogen (secondary N) is 1. The van der Waals surface area contributed by atoms with Crippen LogP contribution in [0.25, 0.3) is 0 Å². The van der Waals surface area contributed by atoms with Crippen LogP contribution in [0.3, 0.4) is 0 Å². The summed E-state index contributed by atoms with van der Waals surface area (Å²) in [5.74, 6) is 0.536. The lowest BCUT2D eigenvalue weighted by Crippen LogP contribution is -1.98. The zero-order valence-electron chi connectivity index (χ0n) is 10.1. The highest BCUT2D eigenvalue weighted by atomic mass is 32.2. The Morgan fingerprint density at radius 3 is 3.11 bits per heavy atom. The van der Waals surface area contributed by atoms with Crippen LogP contribution in [-0.4, -0.2) is 32.0 Å². The summed E-state index contributed by atoms with van der Waals surface area (Å²) in [6.07, 6.45) is 2.51. The lowest BCUT2D eigenvalue weighted by Gasteiger charge is -1.96. The van der Waals surface area contributed by atoms with E-state index in [0.29, 0.717) is 21.9 Å². The van der Waals surface area contributed by atoms with Gasteiger partial charge in [-0.25, -0.2) is 4.98 Å². The number of carboxylic acid groups (broad SMARTS) is 1. The summed E-state index contributed by atoms with van der Waals surface area (Å²) in [7, 11) is 0. The number of carboxylic acids is 1. The smallest absolute Gasteiger partial charge is 0.313 e. The average molecular weight is 300 g/mol. The molecule has 0 radical (unpaired) electrons. The van der Waals surface area contributed by atoms with Crippen LogP contribution < -0.4 is 5.32 Å². The molecular weight excluding hydrogens is 288 g/mol. The second kappa shape index (κ2) is 6.53. The lowest BCUT2D eigenvalue weighted by molar-refractivity contribution is -0.133. The van der Waals surface area contributed by atoms with Crippen molar-refractivity contribution in [2.75, 3.05) is 11.1 Å². The number of hydrogen-bond acceptors (Lipinski definition) is 8. The summed E-state index contributed by atoms with van der Waals surface area (Å²) in [5.41, 5.74) is 0. The molecule has 0 amide bonds. The fourth-order valence-corrected chi connectivity index (χ4v) is 2.68. The summed E-state index contributed by atoms with van der Waals surface area (Å²) in [5, 5.41) is 20.0. The Bertz CT molecular complexity index is 554. The Kier molecular flexibility index (Phi) is 4.74. The van der Waals surface area contributed by atoms with Crippen LogP contribution >= 0.6 is 23.1 Å². The molecular formula is C10H12N4O3S2. The molecule has 0 bridgehead atoms. The number of carbonyl (C=O) groups is 1. The lowest BCUT2D eigenvalue weighted by atomic mass is 10.4. The molecule has 7 nitrogen and oxygen atoms in total. The highest BCUT2D eigenvalue weighted by Gasteiger charge is 2.08. The predicted octanol–water partition coefficient (Wildman–Crippen LogP) is 1.88. The molecule has 9 heteroatoms. The van der Waals surface area contributed by atoms with Crippen LogP contribution in [0.1, 0.15) is 18.6 Å². The number of aromatic nitrogens is 3. The molecule has 2 aromatic heterocycles. The Labute approximate surface area is 117 Å². The van der Waals surface area contributed by atoms with Gasteiger partial charge in [-0.15, -0.1) is 10.2 Å². The van der Waals surface area contributed by atoms with E-state index in [9.17, 15) is 4.79 Å². The molecule has 0 aliphatic heterocycles. The van der Waals surface area contributed by atoms with Crippen LogP contribution in [-0.2, 0) is 17.8 Å². The third-order valence-electron chi connectivity index (χ3n) is 2.07. The molecule has 102 valence electrons. The highest BCUT2D eigenvalue weighted by molar-refractivity contribution is 8.01. The zero-order chi connectivity index (χ0) is 13.7. The molecule has 0 fully saturated rings. The molecule has 2 aromatic rings.